The van der Waals surface area contributed by atoms with Gasteiger partial charge in [0.2, 0.25) is 0 Å². The molecule has 6 nitrogen and oxygen atoms in total. The molecular weight excluding hydrogens is 320 g/mol. The number of aromatic carboxylic acids is 1. The lowest BCUT2D eigenvalue weighted by atomic mass is 10.1. The molecule has 0 atom stereocenters. The van der Waals surface area contributed by atoms with E-state index >= 15 is 0 Å². The van der Waals surface area contributed by atoms with Crippen molar-refractivity contribution in [2.75, 3.05) is 38.2 Å². The van der Waals surface area contributed by atoms with E-state index in [2.05, 4.69) is 4.90 Å². The summed E-state index contributed by atoms with van der Waals surface area (Å²) in [5.41, 5.74) is 1.28. The summed E-state index contributed by atoms with van der Waals surface area (Å²) in [5.74, 6) is -0.521. The van der Waals surface area contributed by atoms with E-state index in [-0.39, 0.29) is 17.0 Å². The highest BCUT2D eigenvalue weighted by atomic mass is 16.5. The number of hydrogen-bond acceptors (Lipinski definition) is 4. The Hall–Kier alpha value is -3.02. The van der Waals surface area contributed by atoms with Crippen LogP contribution in [0.15, 0.2) is 48.5 Å². The maximum absolute atomic E-state index is 12.7. The predicted molar refractivity (Wildman–Crippen MR) is 94.5 cm³/mol. The highest BCUT2D eigenvalue weighted by Crippen LogP contribution is 2.28. The fourth-order valence-corrected chi connectivity index (χ4v) is 3.07. The summed E-state index contributed by atoms with van der Waals surface area (Å²) in [4.78, 5) is 27.9. The maximum atomic E-state index is 12.7. The molecule has 2 aromatic carbocycles. The van der Waals surface area contributed by atoms with Gasteiger partial charge in [-0.3, -0.25) is 4.79 Å². The van der Waals surface area contributed by atoms with Crippen LogP contribution in [0.4, 0.5) is 5.69 Å². The van der Waals surface area contributed by atoms with E-state index in [9.17, 15) is 14.7 Å². The van der Waals surface area contributed by atoms with Crippen LogP contribution in [0.5, 0.6) is 5.75 Å². The molecule has 1 N–H and O–H groups in total. The van der Waals surface area contributed by atoms with Gasteiger partial charge in [-0.2, -0.15) is 0 Å². The minimum atomic E-state index is -1.09. The number of rotatable bonds is 4. The number of amides is 1. The molecule has 25 heavy (non-hydrogen) atoms. The topological polar surface area (TPSA) is 70.1 Å². The molecule has 1 fully saturated rings. The van der Waals surface area contributed by atoms with Crippen molar-refractivity contribution in [3.8, 4) is 5.75 Å². The van der Waals surface area contributed by atoms with Gasteiger partial charge in [-0.05, 0) is 24.3 Å². The number of carboxylic acid groups (broad SMARTS) is 1. The van der Waals surface area contributed by atoms with Gasteiger partial charge in [0.1, 0.15) is 5.75 Å². The SMILES string of the molecule is COc1ccccc1N1CCN(C(=O)c2ccccc2C(=O)O)CC1. The van der Waals surface area contributed by atoms with Gasteiger partial charge in [-0.1, -0.05) is 24.3 Å². The molecule has 1 aliphatic heterocycles. The first-order valence-electron chi connectivity index (χ1n) is 8.11. The molecule has 6 heteroatoms. The highest BCUT2D eigenvalue weighted by molar-refractivity contribution is 6.04. The lowest BCUT2D eigenvalue weighted by molar-refractivity contribution is 0.0673. The second-order valence-electron chi connectivity index (χ2n) is 5.80. The van der Waals surface area contributed by atoms with Crippen LogP contribution in [0.25, 0.3) is 0 Å². The van der Waals surface area contributed by atoms with Crippen molar-refractivity contribution in [2.45, 2.75) is 0 Å². The zero-order valence-corrected chi connectivity index (χ0v) is 14.0. The molecule has 3 rings (SSSR count). The number of nitrogens with zero attached hydrogens (tertiary/aromatic N) is 2. The Kier molecular flexibility index (Phi) is 4.88. The molecule has 0 bridgehead atoms. The van der Waals surface area contributed by atoms with Crippen LogP contribution in [-0.2, 0) is 0 Å². The van der Waals surface area contributed by atoms with E-state index in [1.165, 1.54) is 6.07 Å². The Morgan fingerprint density at radius 2 is 1.52 bits per heavy atom. The van der Waals surface area contributed by atoms with Crippen molar-refractivity contribution >= 4 is 17.6 Å². The van der Waals surface area contributed by atoms with E-state index in [0.717, 1.165) is 11.4 Å². The third kappa shape index (κ3) is 3.42. The van der Waals surface area contributed by atoms with Crippen molar-refractivity contribution in [3.63, 3.8) is 0 Å². The van der Waals surface area contributed by atoms with Gasteiger partial charge >= 0.3 is 5.97 Å². The molecule has 0 radical (unpaired) electrons. The summed E-state index contributed by atoms with van der Waals surface area (Å²) in [6.07, 6.45) is 0. The monoisotopic (exact) mass is 340 g/mol. The predicted octanol–water partition coefficient (Wildman–Crippen LogP) is 2.36. The molecule has 0 unspecified atom stereocenters. The number of ether oxygens (including phenoxy) is 1. The van der Waals surface area contributed by atoms with Gasteiger partial charge in [-0.15, -0.1) is 0 Å². The number of carboxylic acids is 1. The Morgan fingerprint density at radius 3 is 2.16 bits per heavy atom. The summed E-state index contributed by atoms with van der Waals surface area (Å²) in [6, 6.07) is 14.1. The standard InChI is InChI=1S/C19H20N2O4/c1-25-17-9-5-4-8-16(17)20-10-12-21(13-11-20)18(22)14-6-2-3-7-15(14)19(23)24/h2-9H,10-13H2,1H3,(H,23,24). The van der Waals surface area contributed by atoms with E-state index in [1.54, 1.807) is 30.2 Å². The number of carbonyl (C=O) groups is 2. The quantitative estimate of drug-likeness (QED) is 0.925. The Balaban J connectivity index is 1.72. The minimum Gasteiger partial charge on any atom is -0.495 e. The van der Waals surface area contributed by atoms with Gasteiger partial charge in [-0.25, -0.2) is 4.79 Å². The van der Waals surface area contributed by atoms with Crippen molar-refractivity contribution in [1.82, 2.24) is 4.90 Å². The Morgan fingerprint density at radius 1 is 0.920 bits per heavy atom. The number of methoxy groups -OCH3 is 1. The molecule has 2 aromatic rings. The molecule has 1 heterocycles. The second kappa shape index (κ2) is 7.25. The van der Waals surface area contributed by atoms with Crippen molar-refractivity contribution in [1.29, 1.82) is 0 Å². The molecular formula is C19H20N2O4. The summed E-state index contributed by atoms with van der Waals surface area (Å²) < 4.78 is 5.40. The molecule has 1 aliphatic rings. The van der Waals surface area contributed by atoms with Crippen LogP contribution < -0.4 is 9.64 Å². The molecule has 0 saturated carbocycles. The van der Waals surface area contributed by atoms with E-state index in [1.807, 2.05) is 24.3 Å². The van der Waals surface area contributed by atoms with Crippen LogP contribution in [0.2, 0.25) is 0 Å². The average molecular weight is 340 g/mol. The maximum Gasteiger partial charge on any atom is 0.336 e. The Labute approximate surface area is 146 Å². The normalized spacial score (nSPS) is 14.3. The smallest absolute Gasteiger partial charge is 0.336 e. The van der Waals surface area contributed by atoms with Gasteiger partial charge < -0.3 is 19.6 Å². The number of benzene rings is 2. The average Bonchev–Trinajstić information content (AvgIpc) is 2.67. The van der Waals surface area contributed by atoms with Crippen molar-refractivity contribution in [2.24, 2.45) is 0 Å². The summed E-state index contributed by atoms with van der Waals surface area (Å²) >= 11 is 0. The number of hydrogen-bond donors (Lipinski definition) is 1. The number of anilines is 1. The Bertz CT molecular complexity index is 782. The molecule has 0 aromatic heterocycles. The first-order chi connectivity index (χ1) is 12.1. The van der Waals surface area contributed by atoms with Crippen LogP contribution in [0.3, 0.4) is 0 Å². The van der Waals surface area contributed by atoms with E-state index < -0.39 is 5.97 Å². The third-order valence-electron chi connectivity index (χ3n) is 4.38. The summed E-state index contributed by atoms with van der Waals surface area (Å²) in [6.45, 7) is 2.40. The molecule has 0 spiro atoms. The third-order valence-corrected chi connectivity index (χ3v) is 4.38. The largest absolute Gasteiger partial charge is 0.495 e. The molecule has 1 saturated heterocycles. The minimum absolute atomic E-state index is 0.0414. The number of piperazine rings is 1. The molecule has 1 amide bonds. The summed E-state index contributed by atoms with van der Waals surface area (Å²) in [5, 5.41) is 9.27. The lowest BCUT2D eigenvalue weighted by Gasteiger charge is -2.36. The van der Waals surface area contributed by atoms with Gasteiger partial charge in [0, 0.05) is 26.2 Å². The molecule has 0 aliphatic carbocycles. The second-order valence-corrected chi connectivity index (χ2v) is 5.80. The van der Waals surface area contributed by atoms with Gasteiger partial charge in [0.15, 0.2) is 0 Å². The van der Waals surface area contributed by atoms with Gasteiger partial charge in [0.05, 0.1) is 23.9 Å². The van der Waals surface area contributed by atoms with Crippen LogP contribution in [-0.4, -0.2) is 55.2 Å². The highest BCUT2D eigenvalue weighted by Gasteiger charge is 2.26. The first-order valence-corrected chi connectivity index (χ1v) is 8.11. The van der Waals surface area contributed by atoms with Crippen molar-refractivity contribution in [3.05, 3.63) is 59.7 Å². The van der Waals surface area contributed by atoms with Crippen LogP contribution >= 0.6 is 0 Å². The van der Waals surface area contributed by atoms with Crippen molar-refractivity contribution < 1.29 is 19.4 Å². The van der Waals surface area contributed by atoms with E-state index in [4.69, 9.17) is 4.74 Å². The zero-order valence-electron chi connectivity index (χ0n) is 14.0. The zero-order chi connectivity index (χ0) is 17.8. The lowest BCUT2D eigenvalue weighted by Crippen LogP contribution is -2.49. The molecule has 130 valence electrons. The number of carbonyl (C=O) groups excluding carboxylic acids is 1. The van der Waals surface area contributed by atoms with Gasteiger partial charge in [0.25, 0.3) is 5.91 Å². The van der Waals surface area contributed by atoms with Crippen LogP contribution in [0, 0.1) is 0 Å². The van der Waals surface area contributed by atoms with Crippen LogP contribution in [0.1, 0.15) is 20.7 Å². The number of para-hydroxylation sites is 2. The first kappa shape index (κ1) is 16.8. The van der Waals surface area contributed by atoms with E-state index in [0.29, 0.717) is 26.2 Å². The fourth-order valence-electron chi connectivity index (χ4n) is 3.07. The fraction of sp³-hybridized carbons (Fsp3) is 0.263. The summed E-state index contributed by atoms with van der Waals surface area (Å²) in [7, 11) is 1.64.